The normalized spacial score (nSPS) is 25.7. The van der Waals surface area contributed by atoms with Gasteiger partial charge in [-0.25, -0.2) is 0 Å². The molecule has 0 unspecified atom stereocenters. The number of aliphatic hydroxyl groups is 1. The third-order valence-corrected chi connectivity index (χ3v) is 7.10. The van der Waals surface area contributed by atoms with Crippen molar-refractivity contribution in [3.8, 4) is 5.75 Å². The van der Waals surface area contributed by atoms with Crippen LogP contribution in [-0.2, 0) is 25.6 Å². The quantitative estimate of drug-likeness (QED) is 0.563. The molecule has 0 aliphatic carbocycles. The molecule has 0 bridgehead atoms. The lowest BCUT2D eigenvalue weighted by Crippen LogP contribution is -2.47. The highest BCUT2D eigenvalue weighted by Gasteiger charge is 2.46. The Morgan fingerprint density at radius 1 is 1.06 bits per heavy atom. The second kappa shape index (κ2) is 10.8. The van der Waals surface area contributed by atoms with Crippen molar-refractivity contribution in [1.82, 2.24) is 5.32 Å². The number of carbonyl (C=O) groups is 2. The molecule has 2 fully saturated rings. The number of carbonyl (C=O) groups excluding carboxylic acids is 2. The second-order valence-electron chi connectivity index (χ2n) is 9.50. The second-order valence-corrected chi connectivity index (χ2v) is 9.50. The van der Waals surface area contributed by atoms with Gasteiger partial charge in [-0.2, -0.15) is 0 Å². The fourth-order valence-electron chi connectivity index (χ4n) is 5.25. The van der Waals surface area contributed by atoms with Crippen LogP contribution in [0.25, 0.3) is 0 Å². The highest BCUT2D eigenvalue weighted by atomic mass is 16.6. The Hall–Kier alpha value is -2.94. The molecular formula is C27H32N2O6. The van der Waals surface area contributed by atoms with E-state index in [4.69, 9.17) is 14.2 Å². The fourth-order valence-corrected chi connectivity index (χ4v) is 5.25. The summed E-state index contributed by atoms with van der Waals surface area (Å²) in [4.78, 5) is 25.3. The van der Waals surface area contributed by atoms with Gasteiger partial charge < -0.3 is 30.0 Å². The Bertz CT molecular complexity index is 1040. The molecule has 5 rings (SSSR count). The number of nitrogens with one attached hydrogen (secondary N) is 2. The number of amides is 2. The van der Waals surface area contributed by atoms with E-state index in [0.29, 0.717) is 26.2 Å². The molecule has 8 nitrogen and oxygen atoms in total. The van der Waals surface area contributed by atoms with E-state index in [2.05, 4.69) is 10.6 Å². The fraction of sp³-hybridized carbons (Fsp3) is 0.481. The number of aliphatic hydroxyl groups excluding tert-OH is 1. The zero-order chi connectivity index (χ0) is 24.2. The molecule has 0 spiro atoms. The summed E-state index contributed by atoms with van der Waals surface area (Å²) in [6, 6.07) is 15.4. The molecule has 0 radical (unpaired) electrons. The van der Waals surface area contributed by atoms with Gasteiger partial charge in [-0.05, 0) is 43.0 Å². The predicted octanol–water partition coefficient (Wildman–Crippen LogP) is 2.75. The van der Waals surface area contributed by atoms with Crippen LogP contribution in [0.5, 0.6) is 5.75 Å². The Morgan fingerprint density at radius 2 is 1.86 bits per heavy atom. The van der Waals surface area contributed by atoms with Gasteiger partial charge in [0.2, 0.25) is 11.8 Å². The maximum atomic E-state index is 12.7. The number of fused-ring (bicyclic) bond motifs is 3. The smallest absolute Gasteiger partial charge is 0.227 e. The third-order valence-electron chi connectivity index (χ3n) is 7.10. The average molecular weight is 481 g/mol. The topological polar surface area (TPSA) is 106 Å². The Morgan fingerprint density at radius 3 is 2.63 bits per heavy atom. The summed E-state index contributed by atoms with van der Waals surface area (Å²) < 4.78 is 17.6. The zero-order valence-corrected chi connectivity index (χ0v) is 19.7. The number of benzene rings is 2. The molecule has 2 saturated heterocycles. The van der Waals surface area contributed by atoms with E-state index in [0.717, 1.165) is 35.4 Å². The predicted molar refractivity (Wildman–Crippen MR) is 129 cm³/mol. The molecule has 2 amide bonds. The minimum atomic E-state index is -0.520. The minimum absolute atomic E-state index is 0.0110. The van der Waals surface area contributed by atoms with Gasteiger partial charge in [0.1, 0.15) is 18.0 Å². The molecule has 4 atom stereocenters. The summed E-state index contributed by atoms with van der Waals surface area (Å²) >= 11 is 0. The van der Waals surface area contributed by atoms with E-state index >= 15 is 0 Å². The number of ether oxygens (including phenoxy) is 3. The summed E-state index contributed by atoms with van der Waals surface area (Å²) in [6.45, 7) is 1.50. The zero-order valence-electron chi connectivity index (χ0n) is 19.7. The summed E-state index contributed by atoms with van der Waals surface area (Å²) in [6.07, 6.45) is 1.10. The maximum Gasteiger partial charge on any atom is 0.227 e. The van der Waals surface area contributed by atoms with Crippen molar-refractivity contribution < 1.29 is 28.9 Å². The van der Waals surface area contributed by atoms with Crippen LogP contribution in [-0.4, -0.2) is 55.1 Å². The largest absolute Gasteiger partial charge is 0.487 e. The van der Waals surface area contributed by atoms with E-state index < -0.39 is 6.10 Å². The lowest BCUT2D eigenvalue weighted by molar-refractivity contribution is -0.142. The first-order chi connectivity index (χ1) is 17.1. The van der Waals surface area contributed by atoms with Crippen molar-refractivity contribution in [2.45, 2.75) is 56.5 Å². The van der Waals surface area contributed by atoms with Crippen molar-refractivity contribution >= 4 is 17.5 Å². The molecule has 3 aliphatic heterocycles. The third kappa shape index (κ3) is 5.50. The van der Waals surface area contributed by atoms with Crippen molar-refractivity contribution in [3.05, 3.63) is 59.7 Å². The number of anilines is 1. The lowest BCUT2D eigenvalue weighted by atomic mass is 9.84. The molecule has 186 valence electrons. The average Bonchev–Trinajstić information content (AvgIpc) is 3.26. The Balaban J connectivity index is 1.24. The van der Waals surface area contributed by atoms with Crippen LogP contribution in [0.15, 0.2) is 48.5 Å². The summed E-state index contributed by atoms with van der Waals surface area (Å²) in [7, 11) is 0. The molecular weight excluding hydrogens is 448 g/mol. The molecule has 35 heavy (non-hydrogen) atoms. The van der Waals surface area contributed by atoms with Gasteiger partial charge in [0.05, 0.1) is 19.1 Å². The van der Waals surface area contributed by atoms with E-state index in [1.54, 1.807) is 0 Å². The molecule has 0 aromatic heterocycles. The summed E-state index contributed by atoms with van der Waals surface area (Å²) in [5.41, 5.74) is 2.75. The van der Waals surface area contributed by atoms with Gasteiger partial charge in [-0.3, -0.25) is 9.59 Å². The maximum absolute atomic E-state index is 12.7. The van der Waals surface area contributed by atoms with Crippen LogP contribution in [0.2, 0.25) is 0 Å². The van der Waals surface area contributed by atoms with Gasteiger partial charge >= 0.3 is 0 Å². The van der Waals surface area contributed by atoms with E-state index in [1.807, 2.05) is 48.5 Å². The van der Waals surface area contributed by atoms with Crippen molar-refractivity contribution in [1.29, 1.82) is 0 Å². The van der Waals surface area contributed by atoms with Crippen LogP contribution in [0.4, 0.5) is 5.69 Å². The highest BCUT2D eigenvalue weighted by molar-refractivity contribution is 5.92. The SMILES string of the molecule is O=C(C[C@@H]1C[C@H]2c3cc(NC(=O)C4CCOCC4)ccc3O[C@H]2[C@@H](CO)O1)NCc1ccccc1. The summed E-state index contributed by atoms with van der Waals surface area (Å²) in [5.74, 6) is 0.590. The van der Waals surface area contributed by atoms with Gasteiger partial charge in [0, 0.05) is 42.8 Å². The van der Waals surface area contributed by atoms with E-state index in [9.17, 15) is 14.7 Å². The number of hydrogen-bond donors (Lipinski definition) is 3. The van der Waals surface area contributed by atoms with E-state index in [-0.39, 0.29) is 48.9 Å². The van der Waals surface area contributed by atoms with E-state index in [1.165, 1.54) is 0 Å². The van der Waals surface area contributed by atoms with Crippen LogP contribution < -0.4 is 15.4 Å². The highest BCUT2D eigenvalue weighted by Crippen LogP contribution is 2.47. The van der Waals surface area contributed by atoms with Gasteiger partial charge in [-0.1, -0.05) is 30.3 Å². The standard InChI is InChI=1S/C27H32N2O6/c30-16-24-26-22(13-20(34-24)14-25(31)28-15-17-4-2-1-3-5-17)21-12-19(6-7-23(21)35-26)29-27(32)18-8-10-33-11-9-18/h1-7,12,18,20,22,24,26,30H,8-11,13-16H2,(H,28,31)(H,29,32)/t20-,22-,24+,26+/m0/s1. The Labute approximate surface area is 205 Å². The van der Waals surface area contributed by atoms with Crippen molar-refractivity contribution in [3.63, 3.8) is 0 Å². The molecule has 2 aromatic rings. The molecule has 2 aromatic carbocycles. The molecule has 0 saturated carbocycles. The Kier molecular flexibility index (Phi) is 7.32. The van der Waals surface area contributed by atoms with Crippen molar-refractivity contribution in [2.75, 3.05) is 25.1 Å². The van der Waals surface area contributed by atoms with Crippen LogP contribution in [0.1, 0.15) is 42.7 Å². The van der Waals surface area contributed by atoms with Gasteiger partial charge in [-0.15, -0.1) is 0 Å². The van der Waals surface area contributed by atoms with Gasteiger partial charge in [0.15, 0.2) is 0 Å². The van der Waals surface area contributed by atoms with Crippen LogP contribution in [0, 0.1) is 5.92 Å². The summed E-state index contributed by atoms with van der Waals surface area (Å²) in [5, 5.41) is 16.0. The first-order valence-electron chi connectivity index (χ1n) is 12.4. The van der Waals surface area contributed by atoms with Crippen molar-refractivity contribution in [2.24, 2.45) is 5.92 Å². The number of hydrogen-bond acceptors (Lipinski definition) is 6. The monoisotopic (exact) mass is 480 g/mol. The van der Waals surface area contributed by atoms with Crippen LogP contribution in [0.3, 0.4) is 0 Å². The molecule has 3 aliphatic rings. The first kappa shape index (κ1) is 23.8. The minimum Gasteiger partial charge on any atom is -0.487 e. The first-order valence-corrected chi connectivity index (χ1v) is 12.4. The molecule has 8 heteroatoms. The molecule has 3 heterocycles. The van der Waals surface area contributed by atoms with Crippen LogP contribution >= 0.6 is 0 Å². The van der Waals surface area contributed by atoms with Gasteiger partial charge in [0.25, 0.3) is 0 Å². The number of rotatable bonds is 7. The molecule has 3 N–H and O–H groups in total. The lowest BCUT2D eigenvalue weighted by Gasteiger charge is -2.37.